The summed E-state index contributed by atoms with van der Waals surface area (Å²) in [7, 11) is 0. The molecule has 3 unspecified atom stereocenters. The zero-order chi connectivity index (χ0) is 15.7. The van der Waals surface area contributed by atoms with Crippen LogP contribution in [-0.4, -0.2) is 18.6 Å². The molecule has 0 amide bonds. The number of esters is 1. The van der Waals surface area contributed by atoms with Gasteiger partial charge in [-0.25, -0.2) is 0 Å². The molecule has 0 aliphatic rings. The first-order valence-electron chi connectivity index (χ1n) is 7.96. The van der Waals surface area contributed by atoms with Crippen LogP contribution in [0.4, 0.5) is 0 Å². The van der Waals surface area contributed by atoms with Crippen molar-refractivity contribution in [2.45, 2.75) is 53.2 Å². The van der Waals surface area contributed by atoms with E-state index in [1.165, 1.54) is 6.42 Å². The second-order valence-corrected chi connectivity index (χ2v) is 6.05. The molecule has 118 valence electrons. The van der Waals surface area contributed by atoms with E-state index in [1.54, 1.807) is 0 Å². The minimum atomic E-state index is -0.137. The molecule has 0 heterocycles. The summed E-state index contributed by atoms with van der Waals surface area (Å²) < 4.78 is 5.35. The van der Waals surface area contributed by atoms with Gasteiger partial charge in [0, 0.05) is 12.6 Å². The first-order chi connectivity index (χ1) is 10.0. The van der Waals surface area contributed by atoms with Gasteiger partial charge in [0.15, 0.2) is 0 Å². The standard InChI is InChI=1S/C18H29NO2/c1-5-14(2)11-16(4)19-12-15(3)18(20)21-13-17-9-7-6-8-10-17/h6-10,14-16,19H,5,11-13H2,1-4H3. The van der Waals surface area contributed by atoms with Crippen molar-refractivity contribution in [1.29, 1.82) is 0 Å². The highest BCUT2D eigenvalue weighted by Crippen LogP contribution is 2.10. The molecule has 0 aliphatic heterocycles. The highest BCUT2D eigenvalue weighted by molar-refractivity contribution is 5.72. The number of hydrogen-bond acceptors (Lipinski definition) is 3. The zero-order valence-corrected chi connectivity index (χ0v) is 13.8. The van der Waals surface area contributed by atoms with Crippen LogP contribution in [0.5, 0.6) is 0 Å². The van der Waals surface area contributed by atoms with Gasteiger partial charge in [-0.15, -0.1) is 0 Å². The van der Waals surface area contributed by atoms with Crippen molar-refractivity contribution >= 4 is 5.97 Å². The Morgan fingerprint density at radius 1 is 1.19 bits per heavy atom. The van der Waals surface area contributed by atoms with Crippen LogP contribution in [0.2, 0.25) is 0 Å². The number of carbonyl (C=O) groups excluding carboxylic acids is 1. The van der Waals surface area contributed by atoms with Crippen LogP contribution in [-0.2, 0) is 16.1 Å². The van der Waals surface area contributed by atoms with Gasteiger partial charge >= 0.3 is 5.97 Å². The Bertz CT molecular complexity index is 405. The van der Waals surface area contributed by atoms with Crippen molar-refractivity contribution in [3.63, 3.8) is 0 Å². The molecule has 3 heteroatoms. The van der Waals surface area contributed by atoms with E-state index >= 15 is 0 Å². The Morgan fingerprint density at radius 3 is 2.48 bits per heavy atom. The second-order valence-electron chi connectivity index (χ2n) is 6.05. The van der Waals surface area contributed by atoms with Crippen LogP contribution < -0.4 is 5.32 Å². The molecule has 0 fully saturated rings. The number of rotatable bonds is 9. The van der Waals surface area contributed by atoms with Crippen LogP contribution >= 0.6 is 0 Å². The smallest absolute Gasteiger partial charge is 0.310 e. The van der Waals surface area contributed by atoms with E-state index in [1.807, 2.05) is 37.3 Å². The lowest BCUT2D eigenvalue weighted by Crippen LogP contribution is -2.34. The van der Waals surface area contributed by atoms with Crippen molar-refractivity contribution in [1.82, 2.24) is 5.32 Å². The van der Waals surface area contributed by atoms with Gasteiger partial charge in [-0.1, -0.05) is 57.5 Å². The van der Waals surface area contributed by atoms with Gasteiger partial charge in [-0.2, -0.15) is 0 Å². The molecule has 0 aromatic heterocycles. The summed E-state index contributed by atoms with van der Waals surface area (Å²) >= 11 is 0. The van der Waals surface area contributed by atoms with Gasteiger partial charge in [0.2, 0.25) is 0 Å². The summed E-state index contributed by atoms with van der Waals surface area (Å²) in [6.45, 7) is 9.58. The molecular formula is C18H29NO2. The first-order valence-corrected chi connectivity index (χ1v) is 7.96. The minimum Gasteiger partial charge on any atom is -0.461 e. The molecule has 0 spiro atoms. The summed E-state index contributed by atoms with van der Waals surface area (Å²) in [5.74, 6) is 0.461. The third kappa shape index (κ3) is 7.28. The third-order valence-electron chi connectivity index (χ3n) is 3.85. The molecule has 1 aromatic rings. The second kappa shape index (κ2) is 9.56. The number of hydrogen-bond donors (Lipinski definition) is 1. The van der Waals surface area contributed by atoms with Crippen molar-refractivity contribution in [3.05, 3.63) is 35.9 Å². The van der Waals surface area contributed by atoms with E-state index in [-0.39, 0.29) is 11.9 Å². The van der Waals surface area contributed by atoms with Crippen LogP contribution in [0.3, 0.4) is 0 Å². The van der Waals surface area contributed by atoms with Gasteiger partial charge in [-0.3, -0.25) is 4.79 Å². The van der Waals surface area contributed by atoms with Gasteiger partial charge in [-0.05, 0) is 24.8 Å². The van der Waals surface area contributed by atoms with E-state index in [9.17, 15) is 4.79 Å². The van der Waals surface area contributed by atoms with Crippen LogP contribution in [0.25, 0.3) is 0 Å². The minimum absolute atomic E-state index is 0.118. The summed E-state index contributed by atoms with van der Waals surface area (Å²) in [5.41, 5.74) is 1.02. The predicted octanol–water partition coefficient (Wildman–Crippen LogP) is 3.78. The molecule has 21 heavy (non-hydrogen) atoms. The Balaban J connectivity index is 2.25. The Labute approximate surface area is 129 Å². The average molecular weight is 291 g/mol. The number of benzene rings is 1. The lowest BCUT2D eigenvalue weighted by molar-refractivity contribution is -0.149. The van der Waals surface area contributed by atoms with Crippen molar-refractivity contribution in [2.24, 2.45) is 11.8 Å². The molecule has 0 saturated carbocycles. The molecule has 1 N–H and O–H groups in total. The molecule has 0 aliphatic carbocycles. The van der Waals surface area contributed by atoms with E-state index in [0.29, 0.717) is 25.1 Å². The maximum absolute atomic E-state index is 11.9. The summed E-state index contributed by atoms with van der Waals surface area (Å²) in [5, 5.41) is 3.43. The van der Waals surface area contributed by atoms with Crippen LogP contribution in [0.1, 0.15) is 46.1 Å². The lowest BCUT2D eigenvalue weighted by Gasteiger charge is -2.19. The Kier molecular flexibility index (Phi) is 8.06. The summed E-state index contributed by atoms with van der Waals surface area (Å²) in [6.07, 6.45) is 2.34. The maximum Gasteiger partial charge on any atom is 0.310 e. The van der Waals surface area contributed by atoms with E-state index < -0.39 is 0 Å². The molecule has 1 rings (SSSR count). The monoisotopic (exact) mass is 291 g/mol. The molecule has 0 radical (unpaired) electrons. The van der Waals surface area contributed by atoms with E-state index in [0.717, 1.165) is 12.0 Å². The fourth-order valence-electron chi connectivity index (χ4n) is 2.19. The fraction of sp³-hybridized carbons (Fsp3) is 0.611. The third-order valence-corrected chi connectivity index (χ3v) is 3.85. The molecule has 3 atom stereocenters. The largest absolute Gasteiger partial charge is 0.461 e. The van der Waals surface area contributed by atoms with Crippen molar-refractivity contribution < 1.29 is 9.53 Å². The maximum atomic E-state index is 11.9. The number of ether oxygens (including phenoxy) is 1. The van der Waals surface area contributed by atoms with Crippen LogP contribution in [0.15, 0.2) is 30.3 Å². The van der Waals surface area contributed by atoms with E-state index in [4.69, 9.17) is 4.74 Å². The van der Waals surface area contributed by atoms with Gasteiger partial charge in [0.25, 0.3) is 0 Å². The summed E-state index contributed by atoms with van der Waals surface area (Å²) in [6, 6.07) is 10.2. The molecule has 1 aromatic carbocycles. The van der Waals surface area contributed by atoms with E-state index in [2.05, 4.69) is 26.1 Å². The van der Waals surface area contributed by atoms with Crippen LogP contribution in [0, 0.1) is 11.8 Å². The average Bonchev–Trinajstić information content (AvgIpc) is 2.51. The van der Waals surface area contributed by atoms with Gasteiger partial charge in [0.05, 0.1) is 5.92 Å². The van der Waals surface area contributed by atoms with Crippen molar-refractivity contribution in [2.75, 3.05) is 6.54 Å². The lowest BCUT2D eigenvalue weighted by atomic mass is 10.00. The number of nitrogens with one attached hydrogen (secondary N) is 1. The SMILES string of the molecule is CCC(C)CC(C)NCC(C)C(=O)OCc1ccccc1. The quantitative estimate of drug-likeness (QED) is 0.704. The van der Waals surface area contributed by atoms with Crippen molar-refractivity contribution in [3.8, 4) is 0 Å². The summed E-state index contributed by atoms with van der Waals surface area (Å²) in [4.78, 5) is 11.9. The Morgan fingerprint density at radius 2 is 1.86 bits per heavy atom. The topological polar surface area (TPSA) is 38.3 Å². The zero-order valence-electron chi connectivity index (χ0n) is 13.8. The normalized spacial score (nSPS) is 15.2. The molecule has 0 bridgehead atoms. The fourth-order valence-corrected chi connectivity index (χ4v) is 2.19. The molecular weight excluding hydrogens is 262 g/mol. The number of carbonyl (C=O) groups is 1. The highest BCUT2D eigenvalue weighted by Gasteiger charge is 2.16. The highest BCUT2D eigenvalue weighted by atomic mass is 16.5. The molecule has 3 nitrogen and oxygen atoms in total. The Hall–Kier alpha value is -1.35. The molecule has 0 saturated heterocycles. The first kappa shape index (κ1) is 17.7. The predicted molar refractivity (Wildman–Crippen MR) is 86.9 cm³/mol. The van der Waals surface area contributed by atoms with Gasteiger partial charge in [0.1, 0.15) is 6.61 Å². The van der Waals surface area contributed by atoms with Gasteiger partial charge < -0.3 is 10.1 Å².